The molecule has 584 valence electrons. The summed E-state index contributed by atoms with van der Waals surface area (Å²) in [4.78, 5) is 0. The summed E-state index contributed by atoms with van der Waals surface area (Å²) < 4.78 is 16.8. The Bertz CT molecular complexity index is 4500. The first-order chi connectivity index (χ1) is 47.6. The van der Waals surface area contributed by atoms with E-state index in [0.717, 1.165) is 80.0 Å². The molecule has 10 aromatic rings. The summed E-state index contributed by atoms with van der Waals surface area (Å²) in [7, 11) is -2.85. The summed E-state index contributed by atoms with van der Waals surface area (Å²) in [6.45, 7) is 79.4. The van der Waals surface area contributed by atoms with Crippen molar-refractivity contribution in [2.75, 3.05) is 12.5 Å². The number of phenolic OH excluding ortho intramolecular Hbond substituents is 2. The standard InChI is InChI=1S/C98H134N2O4Si.2CH3.Zr/c1-87(2,3)57-97(31,32)67-53-75(85(101)81(55-67)99-77-41-35-61(89(7,8)9)47-69(77)70-48-62(90(10,11)12)36-42-78(70)99)73-51-65(93(19,20)21)39-45-83(73)103-59-105(95(25,26)27,96(28,29)30)60-104-84-46-40-66(94(22,23)24)52-74(84)76-54-68(98(33,34)58-88(4,5)6)56-82(86(76)102)100-79-43-37-63(91(13,14)15)49-71(79)72-50-64(92(16,17)18)38-44-80(72)100;;;/h35-56,101-102H,57-60H2,1-34H3;2*1H3;/q;2*-1;/p+2. The van der Waals surface area contributed by atoms with Crippen LogP contribution in [0.15, 0.2) is 133 Å². The van der Waals surface area contributed by atoms with Crippen LogP contribution >= 0.6 is 0 Å². The number of aliphatic hydroxyl groups is 2. The molecule has 0 aliphatic heterocycles. The molecule has 0 fully saturated rings. The van der Waals surface area contributed by atoms with E-state index < -0.39 is 8.07 Å². The smallest absolute Gasteiger partial charge is 0.272 e. The number of hydrogen-bond acceptors (Lipinski definition) is 2. The Labute approximate surface area is 676 Å². The second-order valence-corrected chi connectivity index (χ2v) is 49.6. The summed E-state index contributed by atoms with van der Waals surface area (Å²) >= 11 is 0. The van der Waals surface area contributed by atoms with Crippen LogP contribution in [0.1, 0.15) is 293 Å². The summed E-state index contributed by atoms with van der Waals surface area (Å²) in [5, 5.41) is 31.9. The van der Waals surface area contributed by atoms with Crippen molar-refractivity contribution in [3.8, 4) is 56.6 Å². The molecule has 0 bridgehead atoms. The van der Waals surface area contributed by atoms with Gasteiger partial charge in [-0.3, -0.25) is 0 Å². The summed E-state index contributed by atoms with van der Waals surface area (Å²) in [6.07, 6.45) is 3.01. The number of hydrogen-bond donors (Lipinski definition) is 2. The topological polar surface area (TPSA) is 75.9 Å². The van der Waals surface area contributed by atoms with Gasteiger partial charge in [0.15, 0.2) is 12.5 Å². The van der Waals surface area contributed by atoms with Gasteiger partial charge in [-0.25, -0.2) is 0 Å². The maximum absolute atomic E-state index is 13.8. The Morgan fingerprint density at radius 1 is 0.287 bits per heavy atom. The molecule has 10 rings (SSSR count). The van der Waals surface area contributed by atoms with Gasteiger partial charge < -0.3 is 43.7 Å². The zero-order valence-electron chi connectivity index (χ0n) is 74.2. The maximum atomic E-state index is 13.8. The molecule has 8 heteroatoms. The molecule has 0 aliphatic rings. The molecule has 0 aliphatic carbocycles. The van der Waals surface area contributed by atoms with Gasteiger partial charge in [0.05, 0.1) is 44.6 Å². The van der Waals surface area contributed by atoms with Gasteiger partial charge in [-0.05, 0) is 219 Å². The first-order valence-electron chi connectivity index (χ1n) is 39.2. The number of benzene rings is 8. The molecule has 0 saturated heterocycles. The normalized spacial score (nSPS) is 13.6. The molecule has 0 atom stereocenters. The van der Waals surface area contributed by atoms with Gasteiger partial charge in [0.1, 0.15) is 11.5 Å². The van der Waals surface area contributed by atoms with E-state index in [1.54, 1.807) is 0 Å². The van der Waals surface area contributed by atoms with Gasteiger partial charge in [0, 0.05) is 71.0 Å². The molecular weight excluding hydrogens is 1410 g/mol. The van der Waals surface area contributed by atoms with Crippen molar-refractivity contribution in [1.82, 2.24) is 9.13 Å². The van der Waals surface area contributed by atoms with E-state index in [0.29, 0.717) is 12.5 Å². The third kappa shape index (κ3) is 17.8. The van der Waals surface area contributed by atoms with Crippen LogP contribution in [0.2, 0.25) is 10.1 Å². The van der Waals surface area contributed by atoms with E-state index in [4.69, 9.17) is 9.47 Å². The van der Waals surface area contributed by atoms with Crippen molar-refractivity contribution in [2.24, 2.45) is 10.8 Å². The summed E-state index contributed by atoms with van der Waals surface area (Å²) in [5.41, 5.74) is 17.7. The van der Waals surface area contributed by atoms with Crippen LogP contribution in [0.25, 0.3) is 77.2 Å². The summed E-state index contributed by atoms with van der Waals surface area (Å²) in [6, 6.07) is 50.8. The number of fused-ring (bicyclic) bond motifs is 6. The predicted octanol–water partition coefficient (Wildman–Crippen LogP) is 29.0. The Morgan fingerprint density at radius 2 is 0.509 bits per heavy atom. The van der Waals surface area contributed by atoms with Crippen molar-refractivity contribution in [2.45, 2.75) is 302 Å². The van der Waals surface area contributed by atoms with Crippen LogP contribution < -0.4 is 0 Å². The van der Waals surface area contributed by atoms with Crippen molar-refractivity contribution >= 4 is 51.7 Å². The van der Waals surface area contributed by atoms with Crippen molar-refractivity contribution in [1.29, 1.82) is 0 Å². The van der Waals surface area contributed by atoms with Gasteiger partial charge in [0.25, 0.3) is 19.6 Å². The molecule has 4 N–H and O–H groups in total. The minimum atomic E-state index is -2.85. The molecule has 108 heavy (non-hydrogen) atoms. The molecule has 0 unspecified atom stereocenters. The number of rotatable bonds is 14. The quantitative estimate of drug-likeness (QED) is 0.0647. The molecular formula is C100H142N2O4SiZr. The van der Waals surface area contributed by atoms with Crippen molar-refractivity contribution < 1.29 is 45.9 Å². The Hall–Kier alpha value is -6.34. The van der Waals surface area contributed by atoms with Crippen LogP contribution in [-0.2, 0) is 69.5 Å². The zero-order chi connectivity index (χ0) is 78.5. The van der Waals surface area contributed by atoms with Crippen molar-refractivity contribution in [3.63, 3.8) is 0 Å². The van der Waals surface area contributed by atoms with Crippen LogP contribution in [0.5, 0.6) is 23.0 Å². The fourth-order valence-corrected chi connectivity index (χ4v) is 22.5. The Kier molecular flexibility index (Phi) is 24.4. The van der Waals surface area contributed by atoms with Crippen LogP contribution in [0.4, 0.5) is 0 Å². The second-order valence-electron chi connectivity index (χ2n) is 43.8. The molecule has 0 spiro atoms. The van der Waals surface area contributed by atoms with Gasteiger partial charge in [-0.15, -0.1) is 0 Å². The van der Waals surface area contributed by atoms with Gasteiger partial charge in [0.2, 0.25) is 0 Å². The Morgan fingerprint density at radius 3 is 0.731 bits per heavy atom. The van der Waals surface area contributed by atoms with E-state index >= 15 is 0 Å². The molecule has 0 amide bonds. The van der Waals surface area contributed by atoms with Crippen molar-refractivity contribution in [3.05, 3.63) is 193 Å². The van der Waals surface area contributed by atoms with Crippen LogP contribution in [0.3, 0.4) is 0 Å². The molecule has 2 heterocycles. The maximum Gasteiger partial charge on any atom is 0.272 e. The van der Waals surface area contributed by atoms with Gasteiger partial charge in [-0.2, -0.15) is 0 Å². The zero-order valence-corrected chi connectivity index (χ0v) is 77.7. The van der Waals surface area contributed by atoms with E-state index in [1.165, 1.54) is 66.1 Å². The third-order valence-corrected chi connectivity index (χ3v) is 30.5. The average Bonchev–Trinajstić information content (AvgIpc) is 1.02. The molecule has 6 nitrogen and oxygen atoms in total. The second kappa shape index (κ2) is 29.6. The monoisotopic (exact) mass is 1550 g/mol. The molecule has 0 radical (unpaired) electrons. The largest absolute Gasteiger partial charge is 0.585 e. The predicted molar refractivity (Wildman–Crippen MR) is 473 cm³/mol. The third-order valence-electron chi connectivity index (χ3n) is 23.4. The molecule has 0 saturated carbocycles. The summed E-state index contributed by atoms with van der Waals surface area (Å²) in [5.74, 6) is 2.21. The fourth-order valence-electron chi connectivity index (χ4n) is 17.3. The number of phenols is 2. The number of nitrogens with zero attached hydrogens (tertiary/aromatic N) is 2. The molecule has 2 aromatic heterocycles. The minimum absolute atomic E-state index is 0. The first-order valence-corrected chi connectivity index (χ1v) is 41.6. The Balaban J connectivity index is 0.00000541. The average molecular weight is 1560 g/mol. The van der Waals surface area contributed by atoms with E-state index in [2.05, 4.69) is 378 Å². The number of ether oxygens (including phenoxy) is 2. The van der Waals surface area contributed by atoms with Gasteiger partial charge in [-0.1, -0.05) is 260 Å². The minimum Gasteiger partial charge on any atom is -0.585 e. The first kappa shape index (κ1) is 88.9. The van der Waals surface area contributed by atoms with E-state index in [9.17, 15) is 10.2 Å². The van der Waals surface area contributed by atoms with Crippen LogP contribution in [-0.4, -0.2) is 49.4 Å². The fraction of sp³-hybridized carbons (Fsp3) is 0.500. The number of aromatic hydroxyl groups is 4. The SMILES string of the molecule is CC(C)(C)CC(C)(C)c1cc(-c2cc(C(C)(C)C)ccc2[OH+]C[Si](C[OH+]c2ccc(C(C)(C)C)cc2-c2cc(C(C)(C)CC(C)(C)C)cc(-n3c4ccc(C(C)(C)C)cc4c4cc(C(C)(C)C)ccc43)c2O)(C(C)(C)C)C(C)(C)C)c(O)c(-n2c3ccc(C(C)(C)C)cc3c3cc(C(C)(C)C)ccc32)c1.[CH3-].[CH3-].[Zr]. The van der Waals surface area contributed by atoms with E-state index in [1.807, 2.05) is 0 Å². The van der Waals surface area contributed by atoms with Gasteiger partial charge >= 0.3 is 0 Å². The van der Waals surface area contributed by atoms with E-state index in [-0.39, 0.29) is 117 Å². The molecule has 8 aromatic carbocycles. The van der Waals surface area contributed by atoms with Crippen LogP contribution in [0, 0.1) is 25.7 Å². The number of aromatic nitrogens is 2.